The average molecular weight is 989 g/mol. The normalized spacial score (nSPS) is 14.1. The second-order valence-electron chi connectivity index (χ2n) is 17.9. The Morgan fingerprint density at radius 3 is 1.22 bits per heavy atom. The van der Waals surface area contributed by atoms with Crippen molar-refractivity contribution < 1.29 is 45.1 Å². The maximum atomic E-state index is 13.5. The number of nitrogens with zero attached hydrogens (tertiary/aromatic N) is 4. The zero-order valence-electron chi connectivity index (χ0n) is 37.0. The van der Waals surface area contributed by atoms with E-state index in [0.717, 1.165) is 5.39 Å². The van der Waals surface area contributed by atoms with Crippen molar-refractivity contribution in [2.45, 2.75) is 22.9 Å². The first kappa shape index (κ1) is 43.1. The maximum Gasteiger partial charge on any atom is 0.294 e. The van der Waals surface area contributed by atoms with E-state index in [2.05, 4.69) is 9.97 Å². The highest BCUT2D eigenvalue weighted by molar-refractivity contribution is 7.86. The second kappa shape index (κ2) is 15.3. The lowest BCUT2D eigenvalue weighted by Gasteiger charge is -2.14. The number of imide groups is 2. The quantitative estimate of drug-likeness (QED) is 0.0900. The molecule has 13 rings (SSSR count). The zero-order valence-corrected chi connectivity index (χ0v) is 38.7. The average Bonchev–Trinajstić information content (AvgIpc) is 4.18. The number of H-pyrrole nitrogens is 2. The maximum absolute atomic E-state index is 13.5. The SMILES string of the molecule is O=C1c2ccccc2C(=O)N1Cc1ccc2c(c1)-c1cc3[nH]c(cc4nc(cc5[nH]c(cc-2n1)c1ccc(CN2C(=O)c6ccccc6C2=O)cc51)-c1cc(S(=O)(=O)O)ccc1-4)c1cc(S(=O)(=O)O)ccc31. The molecule has 0 atom stereocenters. The minimum absolute atomic E-state index is 0.0213. The van der Waals surface area contributed by atoms with Gasteiger partial charge in [-0.15, -0.1) is 0 Å². The van der Waals surface area contributed by atoms with Gasteiger partial charge < -0.3 is 9.97 Å². The molecule has 0 saturated heterocycles. The van der Waals surface area contributed by atoms with Gasteiger partial charge in [-0.25, -0.2) is 9.97 Å². The van der Waals surface area contributed by atoms with Crippen LogP contribution < -0.4 is 0 Å². The number of rotatable bonds is 6. The Hall–Kier alpha value is -8.94. The second-order valence-corrected chi connectivity index (χ2v) is 20.7. The van der Waals surface area contributed by atoms with Crippen molar-refractivity contribution in [3.63, 3.8) is 0 Å². The van der Waals surface area contributed by atoms with E-state index in [4.69, 9.17) is 9.97 Å². The molecule has 0 unspecified atom stereocenters. The fourth-order valence-corrected chi connectivity index (χ4v) is 11.2. The van der Waals surface area contributed by atoms with E-state index in [0.29, 0.717) is 117 Å². The van der Waals surface area contributed by atoms with Gasteiger partial charge in [0.15, 0.2) is 0 Å². The number of carbonyl (C=O) groups is 4. The first-order chi connectivity index (χ1) is 34.6. The van der Waals surface area contributed by atoms with Crippen molar-refractivity contribution >= 4 is 87.5 Å². The van der Waals surface area contributed by atoms with Gasteiger partial charge in [0.25, 0.3) is 43.9 Å². The number of aromatic nitrogens is 4. The summed E-state index contributed by atoms with van der Waals surface area (Å²) in [5.74, 6) is -1.65. The Kier molecular flexibility index (Phi) is 9.15. The topological polar surface area (TPSA) is 241 Å². The molecule has 0 saturated carbocycles. The molecule has 0 fully saturated rings. The van der Waals surface area contributed by atoms with Crippen LogP contribution in [0.5, 0.6) is 0 Å². The monoisotopic (exact) mass is 988 g/mol. The van der Waals surface area contributed by atoms with E-state index >= 15 is 0 Å². The molecule has 4 aliphatic rings. The van der Waals surface area contributed by atoms with Gasteiger partial charge in [-0.3, -0.25) is 38.1 Å². The number of benzene rings is 6. The molecule has 4 N–H and O–H groups in total. The van der Waals surface area contributed by atoms with Crippen LogP contribution in [0.3, 0.4) is 0 Å². The Morgan fingerprint density at radius 1 is 0.375 bits per heavy atom. The summed E-state index contributed by atoms with van der Waals surface area (Å²) in [5.41, 5.74) is 8.35. The predicted octanol–water partition coefficient (Wildman–Crippen LogP) is 9.38. The molecule has 4 amide bonds. The largest absolute Gasteiger partial charge is 0.354 e. The third kappa shape index (κ3) is 6.72. The smallest absolute Gasteiger partial charge is 0.294 e. The summed E-state index contributed by atoms with van der Waals surface area (Å²) in [6.07, 6.45) is 0. The summed E-state index contributed by atoms with van der Waals surface area (Å²) >= 11 is 0. The van der Waals surface area contributed by atoms with E-state index in [1.807, 2.05) is 42.5 Å². The molecule has 8 bridgehead atoms. The number of carbonyl (C=O) groups excluding carboxylic acids is 4. The fraction of sp³-hybridized carbons (Fsp3) is 0.0370. The van der Waals surface area contributed by atoms with Crippen LogP contribution in [0.2, 0.25) is 0 Å². The number of hydrogen-bond acceptors (Lipinski definition) is 10. The van der Waals surface area contributed by atoms with Crippen LogP contribution in [0.1, 0.15) is 52.6 Å². The lowest BCUT2D eigenvalue weighted by atomic mass is 10.0. The van der Waals surface area contributed by atoms with Crippen molar-refractivity contribution in [3.8, 4) is 45.0 Å². The predicted molar refractivity (Wildman–Crippen MR) is 266 cm³/mol. The highest BCUT2D eigenvalue weighted by atomic mass is 32.2. The molecule has 0 spiro atoms. The summed E-state index contributed by atoms with van der Waals surface area (Å²) in [6.45, 7) is -0.0601. The minimum Gasteiger partial charge on any atom is -0.354 e. The fourth-order valence-electron chi connectivity index (χ4n) is 10.2. The molecular weight excluding hydrogens is 957 g/mol. The van der Waals surface area contributed by atoms with Crippen LogP contribution in [0, 0.1) is 0 Å². The van der Waals surface area contributed by atoms with Crippen molar-refractivity contribution in [2.24, 2.45) is 0 Å². The third-order valence-corrected chi connectivity index (χ3v) is 15.3. The van der Waals surface area contributed by atoms with Crippen LogP contribution in [0.15, 0.2) is 155 Å². The molecule has 0 radical (unpaired) electrons. The minimum atomic E-state index is -4.68. The number of amides is 4. The van der Waals surface area contributed by atoms with Gasteiger partial charge in [0.1, 0.15) is 0 Å². The van der Waals surface area contributed by atoms with E-state index in [1.54, 1.807) is 72.8 Å². The molecule has 0 aliphatic carbocycles. The van der Waals surface area contributed by atoms with Crippen LogP contribution in [0.4, 0.5) is 0 Å². The molecule has 16 nitrogen and oxygen atoms in total. The third-order valence-electron chi connectivity index (χ3n) is 13.6. The number of hydrogen-bond donors (Lipinski definition) is 4. The van der Waals surface area contributed by atoms with Gasteiger partial charge in [-0.1, -0.05) is 60.7 Å². The molecule has 7 heterocycles. The first-order valence-corrected chi connectivity index (χ1v) is 25.2. The van der Waals surface area contributed by atoms with Crippen LogP contribution in [-0.4, -0.2) is 79.3 Å². The molecule has 4 aliphatic heterocycles. The van der Waals surface area contributed by atoms with Crippen molar-refractivity contribution in [1.29, 1.82) is 0 Å². The standard InChI is InChI=1S/C54H32N6O10S2/c61-51-35-5-1-2-6-36(35)52(62)59(51)25-27-9-13-31-39(17-27)47-22-45-33-15-11-29(71(65,66)67)19-41(33)49(57-45)23-46-34-16-12-30(72(68,69)70)20-42(34)50(58-46)24-48-40-18-28(10-14-32(40)44(56-48)21-43(31)55-47)26-60-53(63)37-7-3-4-8-38(37)54(60)64/h1-24,56-57H,25-26H2,(H,65,66,67)(H,68,69,70). The lowest BCUT2D eigenvalue weighted by molar-refractivity contribution is 0.0627. The first-order valence-electron chi connectivity index (χ1n) is 22.3. The van der Waals surface area contributed by atoms with E-state index < -0.39 is 43.9 Å². The van der Waals surface area contributed by atoms with Gasteiger partial charge in [-0.05, 0) is 96.1 Å². The molecule has 350 valence electrons. The van der Waals surface area contributed by atoms with Gasteiger partial charge in [-0.2, -0.15) is 16.8 Å². The highest BCUT2D eigenvalue weighted by Gasteiger charge is 2.36. The van der Waals surface area contributed by atoms with E-state index in [1.165, 1.54) is 40.1 Å². The molecule has 6 aromatic carbocycles. The van der Waals surface area contributed by atoms with Crippen molar-refractivity contribution in [2.75, 3.05) is 0 Å². The Balaban J connectivity index is 1.07. The van der Waals surface area contributed by atoms with E-state index in [-0.39, 0.29) is 22.9 Å². The summed E-state index contributed by atoms with van der Waals surface area (Å²) in [6, 6.07) is 39.7. The summed E-state index contributed by atoms with van der Waals surface area (Å²) in [4.78, 5) is 72.7. The molecular formula is C54H32N6O10S2. The summed E-state index contributed by atoms with van der Waals surface area (Å²) < 4.78 is 70.5. The van der Waals surface area contributed by atoms with Gasteiger partial charge in [0.05, 0.1) is 67.9 Å². The Labute approximate surface area is 407 Å². The lowest BCUT2D eigenvalue weighted by Crippen LogP contribution is -2.29. The molecule has 18 heteroatoms. The zero-order chi connectivity index (χ0) is 49.5. The highest BCUT2D eigenvalue weighted by Crippen LogP contribution is 2.42. The Morgan fingerprint density at radius 2 is 0.736 bits per heavy atom. The number of fused-ring (bicyclic) bond motifs is 22. The number of nitrogens with one attached hydrogen (secondary N) is 2. The molecule has 3 aromatic heterocycles. The van der Waals surface area contributed by atoms with E-state index in [9.17, 15) is 45.1 Å². The Bertz CT molecular complexity index is 4400. The molecule has 9 aromatic rings. The van der Waals surface area contributed by atoms with Crippen LogP contribution in [-0.2, 0) is 33.3 Å². The summed E-state index contributed by atoms with van der Waals surface area (Å²) in [7, 11) is -9.34. The van der Waals surface area contributed by atoms with Gasteiger partial charge in [0, 0.05) is 65.9 Å². The number of aromatic amines is 2. The van der Waals surface area contributed by atoms with Crippen molar-refractivity contribution in [1.82, 2.24) is 29.7 Å². The van der Waals surface area contributed by atoms with Crippen LogP contribution in [0.25, 0.3) is 88.6 Å². The van der Waals surface area contributed by atoms with Crippen molar-refractivity contribution in [3.05, 3.63) is 179 Å². The van der Waals surface area contributed by atoms with Gasteiger partial charge in [0.2, 0.25) is 0 Å². The summed E-state index contributed by atoms with van der Waals surface area (Å²) in [5, 5.41) is 2.30. The van der Waals surface area contributed by atoms with Gasteiger partial charge >= 0.3 is 0 Å². The van der Waals surface area contributed by atoms with Crippen LogP contribution >= 0.6 is 0 Å². The molecule has 72 heavy (non-hydrogen) atoms.